The van der Waals surface area contributed by atoms with E-state index < -0.39 is 33.5 Å². The predicted octanol–water partition coefficient (Wildman–Crippen LogP) is 1.76. The molecule has 1 aromatic carbocycles. The van der Waals surface area contributed by atoms with E-state index in [-0.39, 0.29) is 12.3 Å². The SMILES string of the molecule is O=C(O)c1cc([N+](=O)[O-])c(NC2(CO)CCC2)cc1F. The van der Waals surface area contributed by atoms with Gasteiger partial charge in [0.05, 0.1) is 17.1 Å². The van der Waals surface area contributed by atoms with Gasteiger partial charge in [0.2, 0.25) is 0 Å². The first-order valence-electron chi connectivity index (χ1n) is 5.99. The molecule has 1 aliphatic carbocycles. The van der Waals surface area contributed by atoms with Gasteiger partial charge in [-0.3, -0.25) is 10.1 Å². The zero-order valence-corrected chi connectivity index (χ0v) is 10.4. The van der Waals surface area contributed by atoms with Crippen LogP contribution in [0.2, 0.25) is 0 Å². The molecule has 1 aliphatic rings. The van der Waals surface area contributed by atoms with Gasteiger partial charge in [0.25, 0.3) is 5.69 Å². The summed E-state index contributed by atoms with van der Waals surface area (Å²) in [6.45, 7) is -0.230. The molecule has 0 spiro atoms. The van der Waals surface area contributed by atoms with Crippen molar-refractivity contribution in [1.82, 2.24) is 0 Å². The Morgan fingerprint density at radius 1 is 1.50 bits per heavy atom. The van der Waals surface area contributed by atoms with Crippen LogP contribution in [-0.4, -0.2) is 33.3 Å². The van der Waals surface area contributed by atoms with Gasteiger partial charge < -0.3 is 15.5 Å². The molecule has 0 radical (unpaired) electrons. The van der Waals surface area contributed by atoms with Crippen LogP contribution in [0, 0.1) is 15.9 Å². The largest absolute Gasteiger partial charge is 0.478 e. The van der Waals surface area contributed by atoms with Crippen molar-refractivity contribution >= 4 is 17.3 Å². The maximum Gasteiger partial charge on any atom is 0.338 e. The molecule has 1 saturated carbocycles. The Morgan fingerprint density at radius 3 is 2.55 bits per heavy atom. The van der Waals surface area contributed by atoms with Gasteiger partial charge in [-0.05, 0) is 19.3 Å². The maximum atomic E-state index is 13.6. The summed E-state index contributed by atoms with van der Waals surface area (Å²) in [5.41, 5.74) is -2.09. The van der Waals surface area contributed by atoms with E-state index >= 15 is 0 Å². The topological polar surface area (TPSA) is 113 Å². The average molecular weight is 284 g/mol. The van der Waals surface area contributed by atoms with Crippen LogP contribution in [0.5, 0.6) is 0 Å². The lowest BCUT2D eigenvalue weighted by atomic mass is 9.77. The lowest BCUT2D eigenvalue weighted by molar-refractivity contribution is -0.384. The minimum Gasteiger partial charge on any atom is -0.478 e. The molecule has 108 valence electrons. The average Bonchev–Trinajstić information content (AvgIpc) is 2.33. The van der Waals surface area contributed by atoms with Crippen molar-refractivity contribution in [2.75, 3.05) is 11.9 Å². The molecule has 8 heteroatoms. The number of carboxylic acids is 1. The third-order valence-electron chi connectivity index (χ3n) is 3.53. The van der Waals surface area contributed by atoms with Gasteiger partial charge in [-0.15, -0.1) is 0 Å². The summed E-state index contributed by atoms with van der Waals surface area (Å²) in [7, 11) is 0. The molecule has 3 N–H and O–H groups in total. The van der Waals surface area contributed by atoms with Gasteiger partial charge in [-0.2, -0.15) is 0 Å². The first kappa shape index (κ1) is 14.2. The highest BCUT2D eigenvalue weighted by Crippen LogP contribution is 2.38. The summed E-state index contributed by atoms with van der Waals surface area (Å²) in [4.78, 5) is 21.0. The zero-order chi connectivity index (χ0) is 14.9. The second kappa shape index (κ2) is 5.04. The Hall–Kier alpha value is -2.22. The number of nitro groups is 1. The summed E-state index contributed by atoms with van der Waals surface area (Å²) in [5, 5.41) is 31.8. The van der Waals surface area contributed by atoms with Gasteiger partial charge in [0.1, 0.15) is 17.1 Å². The van der Waals surface area contributed by atoms with E-state index in [2.05, 4.69) is 5.32 Å². The molecule has 1 aromatic rings. The number of rotatable bonds is 5. The Morgan fingerprint density at radius 2 is 2.15 bits per heavy atom. The summed E-state index contributed by atoms with van der Waals surface area (Å²) >= 11 is 0. The third kappa shape index (κ3) is 2.42. The monoisotopic (exact) mass is 284 g/mol. The number of hydrogen-bond acceptors (Lipinski definition) is 5. The molecule has 0 unspecified atom stereocenters. The number of carbonyl (C=O) groups is 1. The van der Waals surface area contributed by atoms with E-state index in [9.17, 15) is 24.4 Å². The highest BCUT2D eigenvalue weighted by molar-refractivity contribution is 5.90. The molecule has 7 nitrogen and oxygen atoms in total. The molecule has 1 fully saturated rings. The quantitative estimate of drug-likeness (QED) is 0.561. The molecule has 0 saturated heterocycles. The number of carboxylic acid groups (broad SMARTS) is 1. The molecule has 0 amide bonds. The fourth-order valence-electron chi connectivity index (χ4n) is 2.19. The zero-order valence-electron chi connectivity index (χ0n) is 10.4. The summed E-state index contributed by atoms with van der Waals surface area (Å²) in [6, 6.07) is 1.47. The fourth-order valence-corrected chi connectivity index (χ4v) is 2.19. The van der Waals surface area contributed by atoms with Crippen molar-refractivity contribution in [3.05, 3.63) is 33.6 Å². The lowest BCUT2D eigenvalue weighted by Gasteiger charge is -2.41. The number of hydrogen-bond donors (Lipinski definition) is 3. The number of nitrogens with one attached hydrogen (secondary N) is 1. The van der Waals surface area contributed by atoms with E-state index in [4.69, 9.17) is 5.11 Å². The maximum absolute atomic E-state index is 13.6. The van der Waals surface area contributed by atoms with Crippen molar-refractivity contribution < 1.29 is 24.3 Å². The van der Waals surface area contributed by atoms with Crippen LogP contribution in [0.1, 0.15) is 29.6 Å². The minimum atomic E-state index is -1.57. The Balaban J connectivity index is 2.44. The van der Waals surface area contributed by atoms with Crippen LogP contribution in [0.4, 0.5) is 15.8 Å². The second-order valence-electron chi connectivity index (χ2n) is 4.83. The van der Waals surface area contributed by atoms with Gasteiger partial charge >= 0.3 is 5.97 Å². The van der Waals surface area contributed by atoms with Crippen molar-refractivity contribution in [2.24, 2.45) is 0 Å². The van der Waals surface area contributed by atoms with Crippen molar-refractivity contribution in [2.45, 2.75) is 24.8 Å². The van der Waals surface area contributed by atoms with Crippen molar-refractivity contribution in [1.29, 1.82) is 0 Å². The van der Waals surface area contributed by atoms with Crippen LogP contribution in [-0.2, 0) is 0 Å². The van der Waals surface area contributed by atoms with Gasteiger partial charge in [0, 0.05) is 12.1 Å². The highest BCUT2D eigenvalue weighted by atomic mass is 19.1. The number of nitrogens with zero attached hydrogens (tertiary/aromatic N) is 1. The summed E-state index contributed by atoms with van der Waals surface area (Å²) < 4.78 is 13.6. The fraction of sp³-hybridized carbons (Fsp3) is 0.417. The smallest absolute Gasteiger partial charge is 0.338 e. The normalized spacial score (nSPS) is 16.3. The molecule has 0 bridgehead atoms. The Bertz CT molecular complexity index is 566. The third-order valence-corrected chi connectivity index (χ3v) is 3.53. The molecular weight excluding hydrogens is 271 g/mol. The number of aromatic carboxylic acids is 1. The molecule has 0 atom stereocenters. The number of aliphatic hydroxyl groups is 1. The van der Waals surface area contributed by atoms with Gasteiger partial charge in [-0.1, -0.05) is 0 Å². The van der Waals surface area contributed by atoms with E-state index in [1.165, 1.54) is 0 Å². The first-order valence-corrected chi connectivity index (χ1v) is 5.99. The number of halogens is 1. The molecular formula is C12H13FN2O5. The van der Waals surface area contributed by atoms with Crippen LogP contribution < -0.4 is 5.32 Å². The molecule has 20 heavy (non-hydrogen) atoms. The molecule has 0 heterocycles. The Kier molecular flexibility index (Phi) is 3.58. The highest BCUT2D eigenvalue weighted by Gasteiger charge is 2.38. The van der Waals surface area contributed by atoms with Crippen molar-refractivity contribution in [3.8, 4) is 0 Å². The number of aliphatic hydroxyl groups excluding tert-OH is 1. The molecule has 2 rings (SSSR count). The number of benzene rings is 1. The predicted molar refractivity (Wildman–Crippen MR) is 67.3 cm³/mol. The van der Waals surface area contributed by atoms with Crippen molar-refractivity contribution in [3.63, 3.8) is 0 Å². The van der Waals surface area contributed by atoms with Gasteiger partial charge in [-0.25, -0.2) is 9.18 Å². The van der Waals surface area contributed by atoms with Gasteiger partial charge in [0.15, 0.2) is 0 Å². The van der Waals surface area contributed by atoms with E-state index in [0.29, 0.717) is 18.9 Å². The summed E-state index contributed by atoms with van der Waals surface area (Å²) in [6.07, 6.45) is 2.09. The van der Waals surface area contributed by atoms with Crippen LogP contribution >= 0.6 is 0 Å². The second-order valence-corrected chi connectivity index (χ2v) is 4.83. The van der Waals surface area contributed by atoms with Crippen LogP contribution in [0.15, 0.2) is 12.1 Å². The van der Waals surface area contributed by atoms with Crippen LogP contribution in [0.25, 0.3) is 0 Å². The van der Waals surface area contributed by atoms with E-state index in [1.807, 2.05) is 0 Å². The Labute approximate surface area is 113 Å². The lowest BCUT2D eigenvalue weighted by Crippen LogP contribution is -2.48. The first-order chi connectivity index (χ1) is 9.38. The van der Waals surface area contributed by atoms with E-state index in [0.717, 1.165) is 12.5 Å². The number of anilines is 1. The molecule has 0 aliphatic heterocycles. The summed E-state index contributed by atoms with van der Waals surface area (Å²) in [5.74, 6) is -2.63. The minimum absolute atomic E-state index is 0.119. The standard InChI is InChI=1S/C12H13FN2O5/c13-8-5-9(14-12(6-16)2-1-3-12)10(15(19)20)4-7(8)11(17)18/h4-5,14,16H,1-3,6H2,(H,17,18). The number of nitro benzene ring substituents is 1. The van der Waals surface area contributed by atoms with E-state index in [1.54, 1.807) is 0 Å². The van der Waals surface area contributed by atoms with Crippen LogP contribution in [0.3, 0.4) is 0 Å². The molecule has 0 aromatic heterocycles.